The van der Waals surface area contributed by atoms with E-state index in [9.17, 15) is 19.5 Å². The minimum absolute atomic E-state index is 0. The molecular formula is C16H18ClN7O6. The second kappa shape index (κ2) is 11.9. The van der Waals surface area contributed by atoms with Gasteiger partial charge < -0.3 is 32.3 Å². The number of aryl methyl sites for hydroxylation is 1. The maximum atomic E-state index is 11.3. The Morgan fingerprint density at radius 3 is 2.40 bits per heavy atom. The molecule has 0 aliphatic carbocycles. The van der Waals surface area contributed by atoms with Crippen molar-refractivity contribution in [2.45, 2.75) is 19.0 Å². The van der Waals surface area contributed by atoms with Gasteiger partial charge in [-0.15, -0.1) is 19.9 Å². The molecule has 13 nitrogen and oxygen atoms in total. The van der Waals surface area contributed by atoms with E-state index in [0.29, 0.717) is 11.9 Å². The van der Waals surface area contributed by atoms with Gasteiger partial charge >= 0.3 is 18.0 Å². The molecular weight excluding hydrogens is 422 g/mol. The molecule has 1 atom stereocenters. The van der Waals surface area contributed by atoms with E-state index in [2.05, 4.69) is 20.4 Å². The normalized spacial score (nSPS) is 11.9. The number of hydrogen-bond donors (Lipinski definition) is 3. The van der Waals surface area contributed by atoms with Crippen LogP contribution in [0.1, 0.15) is 12.5 Å². The minimum Gasteiger partial charge on any atom is -1.00 e. The zero-order chi connectivity index (χ0) is 21.2. The maximum absolute atomic E-state index is 11.3. The Labute approximate surface area is 175 Å². The topological polar surface area (TPSA) is 175 Å². The first-order valence-corrected chi connectivity index (χ1v) is 8.21. The van der Waals surface area contributed by atoms with Crippen molar-refractivity contribution in [2.24, 2.45) is 20.4 Å². The van der Waals surface area contributed by atoms with E-state index in [4.69, 9.17) is 10.2 Å². The Balaban J connectivity index is 0.00000450. The van der Waals surface area contributed by atoms with Crippen LogP contribution in [0.25, 0.3) is 0 Å². The van der Waals surface area contributed by atoms with Gasteiger partial charge in [0.25, 0.3) is 6.33 Å². The van der Waals surface area contributed by atoms with E-state index in [1.807, 2.05) is 0 Å². The summed E-state index contributed by atoms with van der Waals surface area (Å²) in [6.45, 7) is 0.107. The zero-order valence-corrected chi connectivity index (χ0v) is 16.1. The van der Waals surface area contributed by atoms with Gasteiger partial charge in [-0.25, -0.2) is 9.36 Å². The fourth-order valence-electron chi connectivity index (χ4n) is 2.13. The minimum atomic E-state index is -1.24. The first kappa shape index (κ1) is 24.2. The quantitative estimate of drug-likeness (QED) is 0.125. The fourth-order valence-corrected chi connectivity index (χ4v) is 2.13. The molecule has 0 radical (unpaired) electrons. The number of rotatable bonds is 9. The third kappa shape index (κ3) is 7.63. The van der Waals surface area contributed by atoms with Gasteiger partial charge in [-0.05, 0) is 12.1 Å². The molecule has 0 aromatic carbocycles. The van der Waals surface area contributed by atoms with E-state index < -0.39 is 24.1 Å². The number of nitrogens with zero attached hydrogens (tertiary/aromatic N) is 7. The molecule has 2 rings (SSSR count). The smallest absolute Gasteiger partial charge is 0.509 e. The highest BCUT2D eigenvalue weighted by Crippen LogP contribution is 1.99. The number of aromatic nitrogens is 3. The summed E-state index contributed by atoms with van der Waals surface area (Å²) < 4.78 is 3.71. The summed E-state index contributed by atoms with van der Waals surface area (Å²) in [5, 5.41) is 42.1. The molecule has 1 unspecified atom stereocenters. The summed E-state index contributed by atoms with van der Waals surface area (Å²) in [5.74, 6) is -2.08. The summed E-state index contributed by atoms with van der Waals surface area (Å²) in [6.07, 6.45) is 6.78. The number of carboxylic acid groups (broad SMARTS) is 3. The molecule has 0 saturated carbocycles. The van der Waals surface area contributed by atoms with Crippen LogP contribution in [0.2, 0.25) is 0 Å². The van der Waals surface area contributed by atoms with Crippen molar-refractivity contribution in [2.75, 3.05) is 6.54 Å². The van der Waals surface area contributed by atoms with Gasteiger partial charge in [0.15, 0.2) is 6.34 Å². The summed E-state index contributed by atoms with van der Waals surface area (Å²) in [4.78, 5) is 32.7. The Kier molecular flexibility index (Phi) is 9.55. The average molecular weight is 440 g/mol. The summed E-state index contributed by atoms with van der Waals surface area (Å²) in [6, 6.07) is 2.15. The molecule has 0 fully saturated rings. The highest BCUT2D eigenvalue weighted by molar-refractivity contribution is 5.70. The molecule has 0 aliphatic rings. The second-order valence-corrected chi connectivity index (χ2v) is 5.61. The van der Waals surface area contributed by atoms with Gasteiger partial charge in [-0.2, -0.15) is 9.91 Å². The van der Waals surface area contributed by atoms with Gasteiger partial charge in [0, 0.05) is 18.9 Å². The lowest BCUT2D eigenvalue weighted by atomic mass is 10.3. The van der Waals surface area contributed by atoms with Crippen LogP contribution in [-0.2, 0) is 16.1 Å². The SMILES string of the molecule is O=C(O)CCn1ccc(=NN=CN=NCC(C(=O)O)[n+]2ccn(C(=O)O)c2)cc1.[Cl-]. The summed E-state index contributed by atoms with van der Waals surface area (Å²) in [7, 11) is 0. The van der Waals surface area contributed by atoms with Crippen molar-refractivity contribution in [1.82, 2.24) is 9.13 Å². The standard InChI is InChI=1S/C16H17N7O6.ClH/c24-14(25)3-6-21-4-1-12(2-5-21)20-19-10-18-17-9-13(15(26)27)22-7-8-23(11-22)16(28)29;/h1-2,4-5,7-8,10-11,13H,3,6,9H2,(H2-,24,25,26,27,28,29);1H. The first-order valence-electron chi connectivity index (χ1n) is 8.21. The van der Waals surface area contributed by atoms with E-state index in [1.165, 1.54) is 17.0 Å². The van der Waals surface area contributed by atoms with Gasteiger partial charge in [-0.1, -0.05) is 0 Å². The fraction of sp³-hybridized carbons (Fsp3) is 0.250. The number of imidazole rings is 1. The maximum Gasteiger partial charge on any atom is 0.509 e. The van der Waals surface area contributed by atoms with Crippen LogP contribution in [0.4, 0.5) is 4.79 Å². The summed E-state index contributed by atoms with van der Waals surface area (Å²) in [5.41, 5.74) is 0. The number of carboxylic acids is 2. The lowest BCUT2D eigenvalue weighted by Gasteiger charge is -2.03. The Morgan fingerprint density at radius 1 is 1.13 bits per heavy atom. The van der Waals surface area contributed by atoms with Crippen LogP contribution in [0.3, 0.4) is 0 Å². The zero-order valence-electron chi connectivity index (χ0n) is 15.4. The van der Waals surface area contributed by atoms with Crippen LogP contribution < -0.4 is 22.3 Å². The Bertz CT molecular complexity index is 993. The van der Waals surface area contributed by atoms with E-state index in [-0.39, 0.29) is 25.4 Å². The lowest BCUT2D eigenvalue weighted by molar-refractivity contribution is -0.707. The van der Waals surface area contributed by atoms with Gasteiger partial charge in [0.1, 0.15) is 18.9 Å². The van der Waals surface area contributed by atoms with Crippen molar-refractivity contribution >= 4 is 24.4 Å². The molecule has 0 saturated heterocycles. The average Bonchev–Trinajstić information content (AvgIpc) is 3.16. The van der Waals surface area contributed by atoms with Crippen molar-refractivity contribution < 1.29 is 46.7 Å². The van der Waals surface area contributed by atoms with Crippen molar-refractivity contribution in [3.63, 3.8) is 0 Å². The molecule has 2 aromatic heterocycles. The monoisotopic (exact) mass is 439 g/mol. The van der Waals surface area contributed by atoms with E-state index in [1.54, 1.807) is 29.1 Å². The summed E-state index contributed by atoms with van der Waals surface area (Å²) >= 11 is 0. The number of azo groups is 1. The molecule has 0 bridgehead atoms. The van der Waals surface area contributed by atoms with Gasteiger partial charge in [0.05, 0.1) is 11.8 Å². The molecule has 160 valence electrons. The Hall–Kier alpha value is -3.87. The number of pyridine rings is 1. The first-order chi connectivity index (χ1) is 13.9. The van der Waals surface area contributed by atoms with Crippen LogP contribution in [0, 0.1) is 0 Å². The van der Waals surface area contributed by atoms with Crippen LogP contribution in [0.5, 0.6) is 0 Å². The molecule has 0 amide bonds. The van der Waals surface area contributed by atoms with Gasteiger partial charge in [0.2, 0.25) is 6.04 Å². The predicted octanol–water partition coefficient (Wildman–Crippen LogP) is -2.80. The lowest BCUT2D eigenvalue weighted by Crippen LogP contribution is -3.00. The molecule has 30 heavy (non-hydrogen) atoms. The van der Waals surface area contributed by atoms with Crippen molar-refractivity contribution in [3.8, 4) is 0 Å². The van der Waals surface area contributed by atoms with E-state index in [0.717, 1.165) is 17.2 Å². The van der Waals surface area contributed by atoms with Crippen LogP contribution in [0.15, 0.2) is 63.7 Å². The van der Waals surface area contributed by atoms with Crippen molar-refractivity contribution in [1.29, 1.82) is 0 Å². The molecule has 14 heteroatoms. The number of halogens is 1. The number of carbonyl (C=O) groups is 3. The third-order valence-corrected chi connectivity index (χ3v) is 3.59. The van der Waals surface area contributed by atoms with Crippen LogP contribution in [-0.4, -0.2) is 55.4 Å². The molecule has 0 spiro atoms. The largest absolute Gasteiger partial charge is 1.00 e. The van der Waals surface area contributed by atoms with Crippen LogP contribution >= 0.6 is 0 Å². The molecule has 2 heterocycles. The number of hydrogen-bond acceptors (Lipinski definition) is 6. The molecule has 0 aliphatic heterocycles. The Morgan fingerprint density at radius 2 is 1.83 bits per heavy atom. The highest BCUT2D eigenvalue weighted by Gasteiger charge is 2.25. The number of aliphatic carboxylic acids is 2. The van der Waals surface area contributed by atoms with Crippen molar-refractivity contribution in [3.05, 3.63) is 48.6 Å². The van der Waals surface area contributed by atoms with Gasteiger partial charge in [-0.3, -0.25) is 4.79 Å². The second-order valence-electron chi connectivity index (χ2n) is 5.61. The molecule has 2 aromatic rings. The predicted molar refractivity (Wildman–Crippen MR) is 95.2 cm³/mol. The van der Waals surface area contributed by atoms with E-state index >= 15 is 0 Å². The highest BCUT2D eigenvalue weighted by atomic mass is 35.5. The third-order valence-electron chi connectivity index (χ3n) is 3.59. The molecule has 3 N–H and O–H groups in total.